The van der Waals surface area contributed by atoms with Crippen LogP contribution in [-0.2, 0) is 11.4 Å². The van der Waals surface area contributed by atoms with Gasteiger partial charge >= 0.3 is 17.8 Å². The van der Waals surface area contributed by atoms with Crippen LogP contribution in [-0.4, -0.2) is 26.8 Å². The third kappa shape index (κ3) is 5.72. The number of fused-ring (bicyclic) bond motifs is 1. The van der Waals surface area contributed by atoms with Gasteiger partial charge in [-0.1, -0.05) is 30.0 Å². The summed E-state index contributed by atoms with van der Waals surface area (Å²) in [4.78, 5) is 45.6. The Labute approximate surface area is 199 Å². The first kappa shape index (κ1) is 24.1. The second-order valence-electron chi connectivity index (χ2n) is 7.25. The van der Waals surface area contributed by atoms with E-state index in [-0.39, 0.29) is 16.4 Å². The molecule has 2 aromatic carbocycles. The Morgan fingerprint density at radius 1 is 1.09 bits per heavy atom. The first-order valence-corrected chi connectivity index (χ1v) is 10.8. The van der Waals surface area contributed by atoms with Crippen molar-refractivity contribution in [3.63, 3.8) is 0 Å². The molecule has 2 aromatic heterocycles. The van der Waals surface area contributed by atoms with Crippen molar-refractivity contribution in [2.75, 3.05) is 0 Å². The Kier molecular flexibility index (Phi) is 6.65. The molecule has 0 spiro atoms. The summed E-state index contributed by atoms with van der Waals surface area (Å²) in [6.45, 7) is 2.17. The summed E-state index contributed by atoms with van der Waals surface area (Å²) in [6, 6.07) is 16.9. The maximum atomic E-state index is 12.6. The molecule has 0 saturated carbocycles. The van der Waals surface area contributed by atoms with Gasteiger partial charge in [-0.3, -0.25) is 14.8 Å². The van der Waals surface area contributed by atoms with Crippen LogP contribution < -0.4 is 20.8 Å². The molecular weight excluding hydrogens is 487 g/mol. The zero-order valence-electron chi connectivity index (χ0n) is 18.0. The van der Waals surface area contributed by atoms with Gasteiger partial charge in [-0.25, -0.2) is 9.59 Å². The molecule has 12 heteroatoms. The molecule has 0 aliphatic rings. The third-order valence-corrected chi connectivity index (χ3v) is 5.65. The first-order chi connectivity index (χ1) is 16.6. The van der Waals surface area contributed by atoms with Crippen molar-refractivity contribution < 1.29 is 27.5 Å². The fourth-order valence-electron chi connectivity index (χ4n) is 3.16. The van der Waals surface area contributed by atoms with E-state index < -0.39 is 23.4 Å². The molecule has 4 aromatic rings. The number of aromatic amines is 1. The van der Waals surface area contributed by atoms with Crippen LogP contribution in [0, 0.1) is 6.92 Å². The fraction of sp³-hybridized carbons (Fsp3) is 0.130. The van der Waals surface area contributed by atoms with Gasteiger partial charge in [0.05, 0.1) is 5.52 Å². The highest BCUT2D eigenvalue weighted by atomic mass is 32.2. The highest BCUT2D eigenvalue weighted by molar-refractivity contribution is 7.99. The van der Waals surface area contributed by atoms with Crippen molar-refractivity contribution in [2.24, 2.45) is 0 Å². The van der Waals surface area contributed by atoms with Gasteiger partial charge in [0.15, 0.2) is 0 Å². The summed E-state index contributed by atoms with van der Waals surface area (Å²) >= 11 is 0.757. The van der Waals surface area contributed by atoms with Crippen molar-refractivity contribution >= 4 is 28.6 Å². The minimum Gasteiger partial charge on any atom is -0.489 e. The standard InChI is InChI=1S/C23H16F3N3O5S/c1-13-10-14(17-4-2-3-5-18(17)27-13)12-33-15-6-8-16(9-7-15)35-20-11-19(30)28-22(32)29(20)34-21(31)23(24,25)26/h2-11H,12H2,1H3,(H,28,30,32). The van der Waals surface area contributed by atoms with E-state index in [2.05, 4.69) is 9.82 Å². The number of ether oxygens (including phenoxy) is 1. The van der Waals surface area contributed by atoms with E-state index in [0.29, 0.717) is 10.6 Å². The molecule has 0 atom stereocenters. The number of alkyl halides is 3. The van der Waals surface area contributed by atoms with E-state index in [0.717, 1.165) is 40.0 Å². The zero-order chi connectivity index (χ0) is 25.2. The van der Waals surface area contributed by atoms with Gasteiger partial charge in [-0.05, 0) is 43.3 Å². The zero-order valence-corrected chi connectivity index (χ0v) is 18.8. The lowest BCUT2D eigenvalue weighted by atomic mass is 10.1. The topological polar surface area (TPSA) is 103 Å². The summed E-state index contributed by atoms with van der Waals surface area (Å²) in [5, 5.41) is 0.648. The van der Waals surface area contributed by atoms with Gasteiger partial charge in [0.2, 0.25) is 0 Å². The molecule has 8 nitrogen and oxygen atoms in total. The second kappa shape index (κ2) is 9.66. The van der Waals surface area contributed by atoms with E-state index in [1.165, 1.54) is 0 Å². The Balaban J connectivity index is 1.51. The number of nitrogens with one attached hydrogen (secondary N) is 1. The van der Waals surface area contributed by atoms with Crippen LogP contribution in [0.1, 0.15) is 11.3 Å². The van der Waals surface area contributed by atoms with Crippen LogP contribution in [0.25, 0.3) is 10.9 Å². The van der Waals surface area contributed by atoms with Gasteiger partial charge in [-0.15, -0.1) is 4.73 Å². The SMILES string of the molecule is Cc1cc(COc2ccc(Sc3cc(=O)[nH]c(=O)n3OC(=O)C(F)(F)F)cc2)c2ccccc2n1. The molecule has 0 unspecified atom stereocenters. The number of halogens is 3. The van der Waals surface area contributed by atoms with Crippen molar-refractivity contribution in [1.29, 1.82) is 0 Å². The van der Waals surface area contributed by atoms with Crippen molar-refractivity contribution in [1.82, 2.24) is 14.7 Å². The predicted octanol–water partition coefficient (Wildman–Crippen LogP) is 3.64. The van der Waals surface area contributed by atoms with E-state index in [1.54, 1.807) is 29.2 Å². The number of benzene rings is 2. The highest BCUT2D eigenvalue weighted by Gasteiger charge is 2.42. The number of aromatic nitrogens is 3. The number of rotatable bonds is 6. The lowest BCUT2D eigenvalue weighted by Crippen LogP contribution is -2.41. The predicted molar refractivity (Wildman–Crippen MR) is 120 cm³/mol. The number of para-hydroxylation sites is 1. The number of H-pyrrole nitrogens is 1. The quantitative estimate of drug-likeness (QED) is 0.401. The molecule has 0 aliphatic heterocycles. The molecule has 0 radical (unpaired) electrons. The van der Waals surface area contributed by atoms with Crippen LogP contribution in [0.3, 0.4) is 0 Å². The van der Waals surface area contributed by atoms with Gasteiger partial charge in [0, 0.05) is 27.6 Å². The average Bonchev–Trinajstić information content (AvgIpc) is 2.79. The largest absolute Gasteiger partial charge is 0.493 e. The number of aryl methyl sites for hydroxylation is 1. The molecule has 35 heavy (non-hydrogen) atoms. The van der Waals surface area contributed by atoms with Gasteiger partial charge in [-0.2, -0.15) is 13.2 Å². The number of carbonyl (C=O) groups excluding carboxylic acids is 1. The van der Waals surface area contributed by atoms with E-state index in [9.17, 15) is 27.6 Å². The number of hydrogen-bond acceptors (Lipinski definition) is 7. The molecule has 1 N–H and O–H groups in total. The van der Waals surface area contributed by atoms with Crippen molar-refractivity contribution in [2.45, 2.75) is 29.6 Å². The van der Waals surface area contributed by atoms with E-state index in [1.807, 2.05) is 37.3 Å². The lowest BCUT2D eigenvalue weighted by Gasteiger charge is -2.12. The first-order valence-electron chi connectivity index (χ1n) is 10.0. The Bertz CT molecular complexity index is 1510. The molecule has 2 heterocycles. The number of carbonyl (C=O) groups is 1. The van der Waals surface area contributed by atoms with Crippen LogP contribution in [0.4, 0.5) is 13.2 Å². The van der Waals surface area contributed by atoms with E-state index in [4.69, 9.17) is 4.74 Å². The summed E-state index contributed by atoms with van der Waals surface area (Å²) in [7, 11) is 0. The summed E-state index contributed by atoms with van der Waals surface area (Å²) in [6.07, 6.45) is -5.32. The molecule has 0 amide bonds. The van der Waals surface area contributed by atoms with Crippen LogP contribution in [0.5, 0.6) is 5.75 Å². The summed E-state index contributed by atoms with van der Waals surface area (Å²) in [5.41, 5.74) is 0.469. The smallest absolute Gasteiger partial charge is 0.489 e. The monoisotopic (exact) mass is 503 g/mol. The third-order valence-electron chi connectivity index (χ3n) is 4.65. The molecule has 0 bridgehead atoms. The van der Waals surface area contributed by atoms with Crippen molar-refractivity contribution in [3.8, 4) is 5.75 Å². The number of pyridine rings is 1. The van der Waals surface area contributed by atoms with Crippen molar-refractivity contribution in [3.05, 3.63) is 92.8 Å². The Morgan fingerprint density at radius 2 is 1.80 bits per heavy atom. The Hall–Kier alpha value is -4.06. The van der Waals surface area contributed by atoms with Crippen LogP contribution in [0.15, 0.2) is 80.2 Å². The number of hydrogen-bond donors (Lipinski definition) is 1. The van der Waals surface area contributed by atoms with Gasteiger partial charge in [0.1, 0.15) is 17.4 Å². The summed E-state index contributed by atoms with van der Waals surface area (Å²) in [5.74, 6) is -2.09. The second-order valence-corrected chi connectivity index (χ2v) is 8.34. The lowest BCUT2D eigenvalue weighted by molar-refractivity contribution is -0.201. The average molecular weight is 503 g/mol. The fourth-order valence-corrected chi connectivity index (χ4v) is 4.04. The van der Waals surface area contributed by atoms with Crippen LogP contribution >= 0.6 is 11.8 Å². The molecule has 0 saturated heterocycles. The summed E-state index contributed by atoms with van der Waals surface area (Å²) < 4.78 is 43.7. The number of nitrogens with zero attached hydrogens (tertiary/aromatic N) is 2. The maximum absolute atomic E-state index is 12.6. The highest BCUT2D eigenvalue weighted by Crippen LogP contribution is 2.28. The molecular formula is C23H16F3N3O5S. The normalized spacial score (nSPS) is 11.4. The maximum Gasteiger partial charge on any atom is 0.493 e. The van der Waals surface area contributed by atoms with E-state index >= 15 is 0 Å². The minimum absolute atomic E-state index is 0.0865. The van der Waals surface area contributed by atoms with Gasteiger partial charge < -0.3 is 9.57 Å². The van der Waals surface area contributed by atoms with Gasteiger partial charge in [0.25, 0.3) is 5.56 Å². The molecule has 0 fully saturated rings. The minimum atomic E-state index is -5.32. The Morgan fingerprint density at radius 3 is 2.51 bits per heavy atom. The molecule has 180 valence electrons. The molecule has 0 aliphatic carbocycles. The van der Waals surface area contributed by atoms with Crippen LogP contribution in [0.2, 0.25) is 0 Å². The molecule has 4 rings (SSSR count).